The average molecular weight is 348 g/mol. The number of carbonyl (C=O) groups excluding carboxylic acids is 1. The summed E-state index contributed by atoms with van der Waals surface area (Å²) in [6, 6.07) is 7.98. The van der Waals surface area contributed by atoms with Crippen LogP contribution in [0.1, 0.15) is 38.2 Å². The van der Waals surface area contributed by atoms with Crippen LogP contribution in [-0.2, 0) is 9.59 Å². The monoisotopic (exact) mass is 348 g/mol. The second-order valence-corrected chi connectivity index (χ2v) is 6.83. The van der Waals surface area contributed by atoms with Crippen LogP contribution in [0.25, 0.3) is 0 Å². The number of carbonyl (C=O) groups is 2. The quantitative estimate of drug-likeness (QED) is 0.704. The van der Waals surface area contributed by atoms with Gasteiger partial charge in [0.2, 0.25) is 5.91 Å². The van der Waals surface area contributed by atoms with Crippen molar-refractivity contribution in [3.8, 4) is 5.75 Å². The molecule has 1 amide bonds. The Kier molecular flexibility index (Phi) is 7.25. The van der Waals surface area contributed by atoms with Gasteiger partial charge in [-0.3, -0.25) is 14.5 Å². The van der Waals surface area contributed by atoms with E-state index in [9.17, 15) is 9.59 Å². The molecule has 6 nitrogen and oxygen atoms in total. The molecule has 2 rings (SSSR count). The van der Waals surface area contributed by atoms with Crippen molar-refractivity contribution in [3.63, 3.8) is 0 Å². The number of carboxylic acid groups (broad SMARTS) is 1. The van der Waals surface area contributed by atoms with E-state index in [1.54, 1.807) is 0 Å². The Morgan fingerprint density at radius 2 is 2.04 bits per heavy atom. The summed E-state index contributed by atoms with van der Waals surface area (Å²) in [6.07, 6.45) is 1.51. The topological polar surface area (TPSA) is 78.9 Å². The van der Waals surface area contributed by atoms with Crippen LogP contribution in [0.15, 0.2) is 24.3 Å². The van der Waals surface area contributed by atoms with Gasteiger partial charge in [-0.25, -0.2) is 0 Å². The van der Waals surface area contributed by atoms with E-state index in [1.807, 2.05) is 29.2 Å². The molecule has 25 heavy (non-hydrogen) atoms. The first-order chi connectivity index (χ1) is 12.0. The number of nitrogens with one attached hydrogen (secondary N) is 1. The van der Waals surface area contributed by atoms with E-state index in [1.165, 1.54) is 5.56 Å². The van der Waals surface area contributed by atoms with E-state index in [4.69, 9.17) is 9.84 Å². The maximum Gasteiger partial charge on any atom is 0.307 e. The molecule has 2 N–H and O–H groups in total. The van der Waals surface area contributed by atoms with Gasteiger partial charge < -0.3 is 15.2 Å². The Balaban J connectivity index is 1.64. The average Bonchev–Trinajstić information content (AvgIpc) is 2.59. The Morgan fingerprint density at radius 3 is 2.68 bits per heavy atom. The third-order valence-corrected chi connectivity index (χ3v) is 4.46. The minimum absolute atomic E-state index is 0.0928. The summed E-state index contributed by atoms with van der Waals surface area (Å²) in [4.78, 5) is 24.9. The molecule has 1 unspecified atom stereocenters. The Hall–Kier alpha value is -2.08. The number of benzene rings is 1. The Bertz CT molecular complexity index is 571. The molecule has 1 aromatic rings. The van der Waals surface area contributed by atoms with Crippen LogP contribution in [0, 0.1) is 5.92 Å². The van der Waals surface area contributed by atoms with Gasteiger partial charge in [0.15, 0.2) is 0 Å². The number of hydrogen-bond acceptors (Lipinski definition) is 4. The van der Waals surface area contributed by atoms with Gasteiger partial charge >= 0.3 is 5.97 Å². The number of nitrogens with zero attached hydrogens (tertiary/aromatic N) is 1. The van der Waals surface area contributed by atoms with Crippen molar-refractivity contribution in [1.29, 1.82) is 0 Å². The maximum atomic E-state index is 12.0. The molecule has 1 saturated heterocycles. The van der Waals surface area contributed by atoms with Crippen LogP contribution in [0.4, 0.5) is 0 Å². The van der Waals surface area contributed by atoms with Gasteiger partial charge in [-0.1, -0.05) is 26.0 Å². The van der Waals surface area contributed by atoms with Gasteiger partial charge in [-0.2, -0.15) is 0 Å². The molecule has 1 atom stereocenters. The Labute approximate surface area is 149 Å². The molecule has 0 aliphatic carbocycles. The van der Waals surface area contributed by atoms with E-state index >= 15 is 0 Å². The number of aliphatic carboxylic acids is 1. The lowest BCUT2D eigenvalue weighted by Gasteiger charge is -2.29. The van der Waals surface area contributed by atoms with Crippen molar-refractivity contribution in [3.05, 3.63) is 29.8 Å². The lowest BCUT2D eigenvalue weighted by molar-refractivity contribution is -0.144. The molecular formula is C19H28N2O4. The fraction of sp³-hybridized carbons (Fsp3) is 0.579. The Morgan fingerprint density at radius 1 is 1.32 bits per heavy atom. The van der Waals surface area contributed by atoms with Gasteiger partial charge in [0.25, 0.3) is 0 Å². The second kappa shape index (κ2) is 9.42. The molecule has 138 valence electrons. The maximum absolute atomic E-state index is 12.0. The molecule has 1 fully saturated rings. The normalized spacial score (nSPS) is 18.1. The van der Waals surface area contributed by atoms with Crippen molar-refractivity contribution in [2.75, 3.05) is 32.8 Å². The molecule has 1 heterocycles. The minimum Gasteiger partial charge on any atom is -0.492 e. The van der Waals surface area contributed by atoms with Crippen molar-refractivity contribution < 1.29 is 19.4 Å². The van der Waals surface area contributed by atoms with Crippen molar-refractivity contribution >= 4 is 11.9 Å². The molecule has 1 aliphatic heterocycles. The van der Waals surface area contributed by atoms with Gasteiger partial charge in [0, 0.05) is 6.54 Å². The lowest BCUT2D eigenvalue weighted by atomic mass is 9.98. The van der Waals surface area contributed by atoms with Gasteiger partial charge in [-0.15, -0.1) is 0 Å². The van der Waals surface area contributed by atoms with Crippen LogP contribution in [-0.4, -0.2) is 54.7 Å². The summed E-state index contributed by atoms with van der Waals surface area (Å²) in [5.41, 5.74) is 1.27. The molecule has 1 aliphatic rings. The predicted octanol–water partition coefficient (Wildman–Crippen LogP) is 2.10. The van der Waals surface area contributed by atoms with Crippen LogP contribution < -0.4 is 10.1 Å². The van der Waals surface area contributed by atoms with Crippen LogP contribution in [0.2, 0.25) is 0 Å². The number of likely N-dealkylation sites (tertiary alicyclic amines) is 1. The third-order valence-electron chi connectivity index (χ3n) is 4.46. The smallest absolute Gasteiger partial charge is 0.307 e. The zero-order valence-corrected chi connectivity index (χ0v) is 15.0. The van der Waals surface area contributed by atoms with Gasteiger partial charge in [0.1, 0.15) is 12.4 Å². The first-order valence-corrected chi connectivity index (χ1v) is 8.90. The second-order valence-electron chi connectivity index (χ2n) is 6.83. The number of rotatable bonds is 8. The third kappa shape index (κ3) is 6.38. The molecule has 0 bridgehead atoms. The zero-order chi connectivity index (χ0) is 18.2. The highest BCUT2D eigenvalue weighted by Gasteiger charge is 2.26. The molecule has 0 spiro atoms. The van der Waals surface area contributed by atoms with Gasteiger partial charge in [-0.05, 0) is 43.0 Å². The number of piperidine rings is 1. The summed E-state index contributed by atoms with van der Waals surface area (Å²) >= 11 is 0. The van der Waals surface area contributed by atoms with Crippen molar-refractivity contribution in [2.45, 2.75) is 32.6 Å². The molecule has 1 aromatic carbocycles. The highest BCUT2D eigenvalue weighted by molar-refractivity contribution is 5.78. The van der Waals surface area contributed by atoms with Crippen LogP contribution in [0.5, 0.6) is 5.75 Å². The number of ether oxygens (including phenoxy) is 1. The van der Waals surface area contributed by atoms with E-state index < -0.39 is 5.97 Å². The first-order valence-electron chi connectivity index (χ1n) is 8.90. The highest BCUT2D eigenvalue weighted by Crippen LogP contribution is 2.18. The van der Waals surface area contributed by atoms with Crippen molar-refractivity contribution in [1.82, 2.24) is 10.2 Å². The van der Waals surface area contributed by atoms with Crippen LogP contribution in [0.3, 0.4) is 0 Å². The number of carboxylic acids is 1. The van der Waals surface area contributed by atoms with Crippen LogP contribution >= 0.6 is 0 Å². The largest absolute Gasteiger partial charge is 0.492 e. The molecule has 6 heteroatoms. The van der Waals surface area contributed by atoms with Crippen molar-refractivity contribution in [2.24, 2.45) is 5.92 Å². The zero-order valence-electron chi connectivity index (χ0n) is 15.0. The molecular weight excluding hydrogens is 320 g/mol. The van der Waals surface area contributed by atoms with E-state index in [-0.39, 0.29) is 18.4 Å². The SMILES string of the molecule is CC(C)c1ccc(OCCNC(=O)CN2CCCC(C(=O)O)C2)cc1. The number of amides is 1. The lowest BCUT2D eigenvalue weighted by Crippen LogP contribution is -2.44. The molecule has 0 aromatic heterocycles. The standard InChI is InChI=1S/C19H28N2O4/c1-14(2)15-5-7-17(8-6-15)25-11-9-20-18(22)13-21-10-3-4-16(12-21)19(23)24/h5-8,14,16H,3-4,9-13H2,1-2H3,(H,20,22)(H,23,24). The highest BCUT2D eigenvalue weighted by atomic mass is 16.5. The van der Waals surface area contributed by atoms with E-state index in [0.29, 0.717) is 32.0 Å². The van der Waals surface area contributed by atoms with Gasteiger partial charge in [0.05, 0.1) is 19.0 Å². The number of hydrogen-bond donors (Lipinski definition) is 2. The van der Waals surface area contributed by atoms with E-state index in [2.05, 4.69) is 19.2 Å². The summed E-state index contributed by atoms with van der Waals surface area (Å²) in [7, 11) is 0. The molecule has 0 radical (unpaired) electrons. The summed E-state index contributed by atoms with van der Waals surface area (Å²) in [5.74, 6) is 0.0494. The molecule has 0 saturated carbocycles. The summed E-state index contributed by atoms with van der Waals surface area (Å²) in [6.45, 7) is 6.59. The minimum atomic E-state index is -0.776. The fourth-order valence-electron chi connectivity index (χ4n) is 2.97. The first kappa shape index (κ1) is 19.2. The predicted molar refractivity (Wildman–Crippen MR) is 95.8 cm³/mol. The fourth-order valence-corrected chi connectivity index (χ4v) is 2.97. The summed E-state index contributed by atoms with van der Waals surface area (Å²) < 4.78 is 5.62. The van der Waals surface area contributed by atoms with E-state index in [0.717, 1.165) is 18.7 Å². The summed E-state index contributed by atoms with van der Waals surface area (Å²) in [5, 5.41) is 11.9.